The average molecular weight is 545 g/mol. The van der Waals surface area contributed by atoms with E-state index in [1.807, 2.05) is 42.5 Å². The first-order valence-electron chi connectivity index (χ1n) is 12.8. The lowest BCUT2D eigenvalue weighted by Crippen LogP contribution is -2.42. The summed E-state index contributed by atoms with van der Waals surface area (Å²) in [7, 11) is 1.59. The number of aliphatic carboxylic acids is 1. The third-order valence-corrected chi connectivity index (χ3v) is 8.84. The van der Waals surface area contributed by atoms with Gasteiger partial charge >= 0.3 is 5.97 Å². The summed E-state index contributed by atoms with van der Waals surface area (Å²) < 4.78 is 20.8. The Balaban J connectivity index is 1.31. The topological polar surface area (TPSA) is 62.7 Å². The molecule has 8 heteroatoms. The van der Waals surface area contributed by atoms with Crippen molar-refractivity contribution in [3.63, 3.8) is 0 Å². The number of thioether (sulfide) groups is 1. The van der Waals surface area contributed by atoms with Crippen molar-refractivity contribution < 1.29 is 19.0 Å². The van der Waals surface area contributed by atoms with Crippen LogP contribution in [0.2, 0.25) is 5.02 Å². The minimum absolute atomic E-state index is 0.0314. The summed E-state index contributed by atoms with van der Waals surface area (Å²) in [5.41, 5.74) is 1.36. The molecule has 0 amide bonds. The Morgan fingerprint density at radius 2 is 2.11 bits per heavy atom. The minimum Gasteiger partial charge on any atom is -0.497 e. The number of benzene rings is 2. The number of carbonyl (C=O) groups is 1. The molecule has 0 radical (unpaired) electrons. The first kappa shape index (κ1) is 27.7. The highest BCUT2D eigenvalue weighted by molar-refractivity contribution is 7.99. The van der Waals surface area contributed by atoms with Crippen molar-refractivity contribution in [2.24, 2.45) is 11.8 Å². The third kappa shape index (κ3) is 7.59. The number of halogens is 2. The number of fused-ring (bicyclic) bond motifs is 1. The van der Waals surface area contributed by atoms with Crippen LogP contribution >= 0.6 is 23.4 Å². The van der Waals surface area contributed by atoms with E-state index in [-0.39, 0.29) is 18.3 Å². The average Bonchev–Trinajstić information content (AvgIpc) is 2.90. The molecule has 37 heavy (non-hydrogen) atoms. The van der Waals surface area contributed by atoms with E-state index in [1.165, 1.54) is 0 Å². The zero-order valence-electron chi connectivity index (χ0n) is 21.1. The molecule has 0 saturated carbocycles. The van der Waals surface area contributed by atoms with Gasteiger partial charge in [-0.1, -0.05) is 23.7 Å². The van der Waals surface area contributed by atoms with Crippen LogP contribution < -0.4 is 4.74 Å². The molecular formula is C29H34ClFN2O3S. The summed E-state index contributed by atoms with van der Waals surface area (Å²) in [6, 6.07) is 15.1. The molecule has 2 heterocycles. The predicted molar refractivity (Wildman–Crippen MR) is 148 cm³/mol. The first-order valence-corrected chi connectivity index (χ1v) is 14.2. The predicted octanol–water partition coefficient (Wildman–Crippen LogP) is 7.28. The maximum Gasteiger partial charge on any atom is 0.303 e. The van der Waals surface area contributed by atoms with E-state index in [4.69, 9.17) is 16.3 Å². The SMILES string of the molecule is COc1ccc2nccc([C@@H](F)CC[C@@H]3CCN(CCCSc4ccccc4Cl)C[C@@H]3CC(=O)O)c2c1. The van der Waals surface area contributed by atoms with Crippen molar-refractivity contribution in [2.75, 3.05) is 32.5 Å². The van der Waals surface area contributed by atoms with Gasteiger partial charge in [-0.3, -0.25) is 9.78 Å². The van der Waals surface area contributed by atoms with Crippen LogP contribution in [0, 0.1) is 11.8 Å². The van der Waals surface area contributed by atoms with Gasteiger partial charge in [-0.25, -0.2) is 4.39 Å². The number of rotatable bonds is 12. The van der Waals surface area contributed by atoms with Gasteiger partial charge in [0.25, 0.3) is 0 Å². The zero-order valence-corrected chi connectivity index (χ0v) is 22.7. The third-order valence-electron chi connectivity index (χ3n) is 7.24. The van der Waals surface area contributed by atoms with E-state index in [0.717, 1.165) is 59.0 Å². The number of likely N-dealkylation sites (tertiary alicyclic amines) is 1. The lowest BCUT2D eigenvalue weighted by atomic mass is 9.79. The molecule has 0 bridgehead atoms. The quantitative estimate of drug-likeness (QED) is 0.191. The number of carboxylic acids is 1. The van der Waals surface area contributed by atoms with Crippen molar-refractivity contribution in [3.05, 3.63) is 65.3 Å². The van der Waals surface area contributed by atoms with E-state index in [9.17, 15) is 9.90 Å². The second-order valence-corrected chi connectivity index (χ2v) is 11.2. The number of carboxylic acid groups (broad SMARTS) is 1. The van der Waals surface area contributed by atoms with Gasteiger partial charge in [0.2, 0.25) is 0 Å². The zero-order chi connectivity index (χ0) is 26.2. The molecule has 1 aliphatic rings. The van der Waals surface area contributed by atoms with Crippen LogP contribution in [-0.4, -0.2) is 53.5 Å². The molecule has 2 aromatic carbocycles. The van der Waals surface area contributed by atoms with Crippen molar-refractivity contribution in [1.82, 2.24) is 9.88 Å². The van der Waals surface area contributed by atoms with Gasteiger partial charge in [-0.15, -0.1) is 11.8 Å². The number of ether oxygens (including phenoxy) is 1. The Morgan fingerprint density at radius 3 is 2.89 bits per heavy atom. The molecule has 0 aliphatic carbocycles. The van der Waals surface area contributed by atoms with Gasteiger partial charge in [0.1, 0.15) is 11.9 Å². The summed E-state index contributed by atoms with van der Waals surface area (Å²) in [5, 5.41) is 11.1. The van der Waals surface area contributed by atoms with Crippen molar-refractivity contribution in [3.8, 4) is 5.75 Å². The largest absolute Gasteiger partial charge is 0.497 e. The highest BCUT2D eigenvalue weighted by atomic mass is 35.5. The molecule has 0 spiro atoms. The maximum atomic E-state index is 15.5. The molecule has 5 nitrogen and oxygen atoms in total. The van der Waals surface area contributed by atoms with Crippen LogP contribution in [0.4, 0.5) is 4.39 Å². The van der Waals surface area contributed by atoms with Crippen LogP contribution in [0.5, 0.6) is 5.75 Å². The number of methoxy groups -OCH3 is 1. The Labute approximate surface area is 227 Å². The fourth-order valence-corrected chi connectivity index (χ4v) is 6.46. The number of hydrogen-bond donors (Lipinski definition) is 1. The molecule has 0 unspecified atom stereocenters. The van der Waals surface area contributed by atoms with E-state index < -0.39 is 12.1 Å². The summed E-state index contributed by atoms with van der Waals surface area (Å²) >= 11 is 8.00. The van der Waals surface area contributed by atoms with Gasteiger partial charge in [0, 0.05) is 29.4 Å². The molecule has 1 saturated heterocycles. The maximum absolute atomic E-state index is 15.5. The summed E-state index contributed by atoms with van der Waals surface area (Å²) in [4.78, 5) is 19.4. The van der Waals surface area contributed by atoms with E-state index >= 15 is 4.39 Å². The van der Waals surface area contributed by atoms with Crippen molar-refractivity contribution in [2.45, 2.75) is 43.2 Å². The second kappa shape index (κ2) is 13.4. The van der Waals surface area contributed by atoms with Crippen LogP contribution in [0.25, 0.3) is 10.9 Å². The second-order valence-electron chi connectivity index (χ2n) is 9.67. The monoisotopic (exact) mass is 544 g/mol. The number of piperidine rings is 1. The first-order chi connectivity index (χ1) is 17.9. The smallest absolute Gasteiger partial charge is 0.303 e. The molecule has 1 aromatic heterocycles. The van der Waals surface area contributed by atoms with E-state index in [1.54, 1.807) is 31.1 Å². The Kier molecular flexibility index (Phi) is 10.1. The van der Waals surface area contributed by atoms with E-state index in [0.29, 0.717) is 24.2 Å². The van der Waals surface area contributed by atoms with Crippen LogP contribution in [0.3, 0.4) is 0 Å². The van der Waals surface area contributed by atoms with Crippen molar-refractivity contribution in [1.29, 1.82) is 0 Å². The summed E-state index contributed by atoms with van der Waals surface area (Å²) in [6.45, 7) is 2.60. The lowest BCUT2D eigenvalue weighted by molar-refractivity contribution is -0.139. The molecule has 3 atom stereocenters. The van der Waals surface area contributed by atoms with Gasteiger partial charge in [-0.2, -0.15) is 0 Å². The Bertz CT molecular complexity index is 1200. The van der Waals surface area contributed by atoms with Gasteiger partial charge in [0.15, 0.2) is 0 Å². The summed E-state index contributed by atoms with van der Waals surface area (Å²) in [6.07, 6.45) is 3.57. The van der Waals surface area contributed by atoms with Gasteiger partial charge < -0.3 is 14.7 Å². The molecular weight excluding hydrogens is 511 g/mol. The number of pyridine rings is 1. The lowest BCUT2D eigenvalue weighted by Gasteiger charge is -2.38. The minimum atomic E-state index is -1.14. The Hall–Kier alpha value is -2.35. The van der Waals surface area contributed by atoms with Crippen LogP contribution in [-0.2, 0) is 4.79 Å². The van der Waals surface area contributed by atoms with Gasteiger partial charge in [0.05, 0.1) is 17.6 Å². The molecule has 1 aliphatic heterocycles. The molecule has 3 aromatic rings. The highest BCUT2D eigenvalue weighted by Gasteiger charge is 2.31. The fourth-order valence-electron chi connectivity index (χ4n) is 5.29. The molecule has 198 valence electrons. The fraction of sp³-hybridized carbons (Fsp3) is 0.448. The normalized spacial score (nSPS) is 19.1. The summed E-state index contributed by atoms with van der Waals surface area (Å²) in [5.74, 6) is 1.08. The van der Waals surface area contributed by atoms with E-state index in [2.05, 4.69) is 9.88 Å². The molecule has 1 fully saturated rings. The van der Waals surface area contributed by atoms with Gasteiger partial charge in [-0.05, 0) is 98.3 Å². The number of nitrogens with zero attached hydrogens (tertiary/aromatic N) is 2. The number of aromatic nitrogens is 1. The Morgan fingerprint density at radius 1 is 1.27 bits per heavy atom. The van der Waals surface area contributed by atoms with Crippen LogP contribution in [0.1, 0.15) is 43.8 Å². The molecule has 1 N–H and O–H groups in total. The number of alkyl halides is 1. The molecule has 4 rings (SSSR count). The highest BCUT2D eigenvalue weighted by Crippen LogP contribution is 2.36. The standard InChI is InChI=1S/C29H34ClFN2O3S/c1-36-22-8-10-27-24(18-22)23(11-13-32-27)26(31)9-7-20-12-15-33(19-21(20)17-29(34)35)14-4-16-37-28-6-3-2-5-25(28)30/h2-3,5-6,8,10-11,13,18,20-21,26H,4,7,9,12,14-17,19H2,1H3,(H,34,35)/t20-,21+,26+/m1/s1. The number of hydrogen-bond acceptors (Lipinski definition) is 5. The van der Waals surface area contributed by atoms with Crippen molar-refractivity contribution >= 4 is 40.2 Å². The van der Waals surface area contributed by atoms with Crippen LogP contribution in [0.15, 0.2) is 59.6 Å².